The number of carbonyl (C=O) groups excluding carboxylic acids is 1. The number of anilines is 1. The van der Waals surface area contributed by atoms with Gasteiger partial charge in [-0.15, -0.1) is 0 Å². The zero-order valence-electron chi connectivity index (χ0n) is 23.4. The number of pyridine rings is 1. The number of hydrogen-bond donors (Lipinski definition) is 0. The van der Waals surface area contributed by atoms with E-state index in [1.54, 1.807) is 24.6 Å². The molecule has 0 bridgehead atoms. The Kier molecular flexibility index (Phi) is 7.00. The van der Waals surface area contributed by atoms with Crippen molar-refractivity contribution >= 4 is 44.5 Å². The van der Waals surface area contributed by atoms with Crippen molar-refractivity contribution in [2.45, 2.75) is 20.8 Å². The van der Waals surface area contributed by atoms with Crippen LogP contribution in [0.5, 0.6) is 0 Å². The quantitative estimate of drug-likeness (QED) is 0.133. The van der Waals surface area contributed by atoms with Crippen molar-refractivity contribution in [3.63, 3.8) is 0 Å². The van der Waals surface area contributed by atoms with Gasteiger partial charge in [0.1, 0.15) is 25.3 Å². The van der Waals surface area contributed by atoms with Crippen molar-refractivity contribution in [1.29, 1.82) is 0 Å². The predicted molar refractivity (Wildman–Crippen MR) is 159 cm³/mol. The number of carbonyl (C=O) groups is 1. The summed E-state index contributed by atoms with van der Waals surface area (Å²) in [5.41, 5.74) is 4.46. The zero-order chi connectivity index (χ0) is 27.8. The number of esters is 1. The molecule has 0 spiro atoms. The van der Waals surface area contributed by atoms with Gasteiger partial charge in [-0.2, -0.15) is 0 Å². The standard InChI is InChI=1S/C32H34N3O4/c1-7-35(8-2)21-15-17-25-27(19-21)39-30-24-16-14-20(33(4)5)18-26(24)34(6)31(36)29(30)28(25)22-12-10-11-13-23(22)32(37)38-9-3/h10-19H,7-9H2,1-6H3/q+1. The SMILES string of the molecule is CCOC(=O)c1ccccc1-c1c2ccc(N(CC)CC)cc2oc2c1c(=O)n(C)c1cc(=[N+](C)C)ccc21. The van der Waals surface area contributed by atoms with E-state index in [9.17, 15) is 9.59 Å². The van der Waals surface area contributed by atoms with Crippen molar-refractivity contribution in [3.8, 4) is 11.1 Å². The van der Waals surface area contributed by atoms with Crippen LogP contribution in [-0.2, 0) is 11.8 Å². The van der Waals surface area contributed by atoms with Gasteiger partial charge in [-0.05, 0) is 50.6 Å². The van der Waals surface area contributed by atoms with Gasteiger partial charge in [0.25, 0.3) is 5.56 Å². The first-order valence-corrected chi connectivity index (χ1v) is 13.4. The van der Waals surface area contributed by atoms with Gasteiger partial charge in [0, 0.05) is 60.4 Å². The summed E-state index contributed by atoms with van der Waals surface area (Å²) in [6.45, 7) is 7.98. The number of hydrogen-bond acceptors (Lipinski definition) is 5. The lowest BCUT2D eigenvalue weighted by molar-refractivity contribution is 0.0527. The predicted octanol–water partition coefficient (Wildman–Crippen LogP) is 5.16. The van der Waals surface area contributed by atoms with E-state index in [-0.39, 0.29) is 12.2 Å². The molecule has 0 atom stereocenters. The first-order valence-electron chi connectivity index (χ1n) is 13.4. The molecule has 3 aromatic carbocycles. The molecule has 200 valence electrons. The highest BCUT2D eigenvalue weighted by molar-refractivity contribution is 6.16. The van der Waals surface area contributed by atoms with E-state index < -0.39 is 5.97 Å². The minimum Gasteiger partial charge on any atom is -0.462 e. The van der Waals surface area contributed by atoms with E-state index in [1.165, 1.54) is 0 Å². The van der Waals surface area contributed by atoms with Crippen LogP contribution in [-0.4, -0.2) is 44.3 Å². The molecule has 0 aliphatic heterocycles. The Labute approximate surface area is 227 Å². The van der Waals surface area contributed by atoms with Crippen LogP contribution in [0.1, 0.15) is 31.1 Å². The van der Waals surface area contributed by atoms with Crippen LogP contribution in [0.2, 0.25) is 0 Å². The van der Waals surface area contributed by atoms with E-state index in [4.69, 9.17) is 9.15 Å². The highest BCUT2D eigenvalue weighted by Crippen LogP contribution is 2.40. The number of benzene rings is 3. The molecule has 0 amide bonds. The van der Waals surface area contributed by atoms with Crippen LogP contribution in [0.25, 0.3) is 44.0 Å². The third kappa shape index (κ3) is 4.38. The topological polar surface area (TPSA) is 67.7 Å². The summed E-state index contributed by atoms with van der Waals surface area (Å²) in [6, 6.07) is 19.4. The second kappa shape index (κ2) is 10.4. The molecule has 2 aromatic heterocycles. The summed E-state index contributed by atoms with van der Waals surface area (Å²) in [5, 5.41) is 3.00. The lowest BCUT2D eigenvalue weighted by Crippen LogP contribution is -2.24. The second-order valence-electron chi connectivity index (χ2n) is 9.76. The molecule has 5 rings (SSSR count). The maximum atomic E-state index is 14.1. The Hall–Kier alpha value is -4.39. The van der Waals surface area contributed by atoms with Crippen molar-refractivity contribution in [2.24, 2.45) is 7.05 Å². The summed E-state index contributed by atoms with van der Waals surface area (Å²) in [4.78, 5) is 29.4. The smallest absolute Gasteiger partial charge is 0.338 e. The molecule has 7 nitrogen and oxygen atoms in total. The summed E-state index contributed by atoms with van der Waals surface area (Å²) in [5.74, 6) is -0.428. The number of ether oxygens (including phenoxy) is 1. The van der Waals surface area contributed by atoms with Crippen molar-refractivity contribution < 1.29 is 13.9 Å². The fourth-order valence-corrected chi connectivity index (χ4v) is 5.30. The van der Waals surface area contributed by atoms with E-state index in [2.05, 4.69) is 18.7 Å². The summed E-state index contributed by atoms with van der Waals surface area (Å²) in [7, 11) is 5.72. The van der Waals surface area contributed by atoms with Crippen LogP contribution >= 0.6 is 0 Å². The molecule has 0 saturated carbocycles. The van der Waals surface area contributed by atoms with Gasteiger partial charge in [-0.25, -0.2) is 9.37 Å². The van der Waals surface area contributed by atoms with Gasteiger partial charge in [0.05, 0.1) is 23.1 Å². The summed E-state index contributed by atoms with van der Waals surface area (Å²) in [6.07, 6.45) is 0. The maximum Gasteiger partial charge on any atom is 0.338 e. The Morgan fingerprint density at radius 1 is 0.974 bits per heavy atom. The average molecular weight is 525 g/mol. The molecular weight excluding hydrogens is 490 g/mol. The summed E-state index contributed by atoms with van der Waals surface area (Å²) < 4.78 is 15.7. The van der Waals surface area contributed by atoms with Gasteiger partial charge in [-0.3, -0.25) is 4.79 Å². The van der Waals surface area contributed by atoms with E-state index in [0.29, 0.717) is 33.2 Å². The van der Waals surface area contributed by atoms with Crippen LogP contribution in [0.15, 0.2) is 69.9 Å². The fourth-order valence-electron chi connectivity index (χ4n) is 5.30. The van der Waals surface area contributed by atoms with Crippen LogP contribution in [0.3, 0.4) is 0 Å². The minimum absolute atomic E-state index is 0.194. The monoisotopic (exact) mass is 524 g/mol. The number of nitrogens with zero attached hydrogens (tertiary/aromatic N) is 3. The Morgan fingerprint density at radius 2 is 1.69 bits per heavy atom. The average Bonchev–Trinajstić information content (AvgIpc) is 2.95. The molecule has 0 N–H and O–H groups in total. The number of aryl methyl sites for hydroxylation is 1. The Morgan fingerprint density at radius 3 is 2.38 bits per heavy atom. The van der Waals surface area contributed by atoms with Crippen molar-refractivity contribution in [3.05, 3.63) is 81.9 Å². The molecule has 0 fully saturated rings. The van der Waals surface area contributed by atoms with E-state index in [1.807, 2.05) is 73.3 Å². The van der Waals surface area contributed by atoms with Gasteiger partial charge in [-0.1, -0.05) is 18.2 Å². The largest absolute Gasteiger partial charge is 0.462 e. The van der Waals surface area contributed by atoms with Gasteiger partial charge < -0.3 is 18.6 Å². The van der Waals surface area contributed by atoms with Crippen molar-refractivity contribution in [2.75, 3.05) is 38.7 Å². The van der Waals surface area contributed by atoms with E-state index >= 15 is 0 Å². The molecule has 0 aliphatic carbocycles. The zero-order valence-corrected chi connectivity index (χ0v) is 23.4. The number of aromatic nitrogens is 1. The minimum atomic E-state index is -0.428. The number of fused-ring (bicyclic) bond motifs is 4. The molecule has 7 heteroatoms. The first kappa shape index (κ1) is 26.2. The second-order valence-corrected chi connectivity index (χ2v) is 9.76. The molecule has 0 aliphatic rings. The Balaban J connectivity index is 2.02. The molecule has 5 aromatic rings. The van der Waals surface area contributed by atoms with Gasteiger partial charge in [0.15, 0.2) is 0 Å². The molecule has 0 unspecified atom stereocenters. The third-order valence-electron chi connectivity index (χ3n) is 7.37. The Bertz CT molecular complexity index is 1870. The summed E-state index contributed by atoms with van der Waals surface area (Å²) >= 11 is 0. The molecule has 2 heterocycles. The molecule has 0 saturated heterocycles. The third-order valence-corrected chi connectivity index (χ3v) is 7.37. The fraction of sp³-hybridized carbons (Fsp3) is 0.281. The van der Waals surface area contributed by atoms with E-state index in [0.717, 1.165) is 40.4 Å². The lowest BCUT2D eigenvalue weighted by Gasteiger charge is -2.22. The first-order chi connectivity index (χ1) is 18.8. The highest BCUT2D eigenvalue weighted by atomic mass is 16.5. The highest BCUT2D eigenvalue weighted by Gasteiger charge is 2.24. The molecule has 0 radical (unpaired) electrons. The van der Waals surface area contributed by atoms with Gasteiger partial charge in [0.2, 0.25) is 5.36 Å². The number of rotatable bonds is 6. The van der Waals surface area contributed by atoms with Gasteiger partial charge >= 0.3 is 5.97 Å². The van der Waals surface area contributed by atoms with Crippen molar-refractivity contribution in [1.82, 2.24) is 9.14 Å². The molecule has 39 heavy (non-hydrogen) atoms. The van der Waals surface area contributed by atoms with Crippen LogP contribution in [0, 0.1) is 0 Å². The maximum absolute atomic E-state index is 14.1. The normalized spacial score (nSPS) is 11.3. The van der Waals surface area contributed by atoms with Crippen LogP contribution in [0.4, 0.5) is 5.69 Å². The lowest BCUT2D eigenvalue weighted by atomic mass is 9.93. The van der Waals surface area contributed by atoms with Crippen LogP contribution < -0.4 is 20.4 Å². The molecular formula is C32H34N3O4+.